The Kier molecular flexibility index (Phi) is 5.79. The summed E-state index contributed by atoms with van der Waals surface area (Å²) >= 11 is 12.0. The Morgan fingerprint density at radius 2 is 1.63 bits per heavy atom. The number of anilines is 1. The number of furan rings is 1. The van der Waals surface area contributed by atoms with Crippen LogP contribution in [0.2, 0.25) is 10.0 Å². The fourth-order valence-electron chi connectivity index (χ4n) is 2.47. The monoisotopic (exact) mass is 399 g/mol. The van der Waals surface area contributed by atoms with Crippen LogP contribution in [0.25, 0.3) is 17.4 Å². The van der Waals surface area contributed by atoms with Crippen molar-refractivity contribution in [2.45, 2.75) is 6.92 Å². The standard InChI is InChI=1S/C21H15Cl2NO3/c1-13(25)24-18-4-2-14(3-5-18)20(26)8-6-19-7-9-21(27-19)15-10-16(22)12-17(23)11-15/h2-12H,1H3,(H,24,25)/b8-6+. The highest BCUT2D eigenvalue weighted by Crippen LogP contribution is 2.29. The second-order valence-corrected chi connectivity index (χ2v) is 6.69. The van der Waals surface area contributed by atoms with Gasteiger partial charge in [-0.1, -0.05) is 23.2 Å². The Hall–Kier alpha value is -2.82. The lowest BCUT2D eigenvalue weighted by Gasteiger charge is -2.02. The molecule has 0 radical (unpaired) electrons. The first-order valence-corrected chi connectivity index (χ1v) is 8.83. The van der Waals surface area contributed by atoms with E-state index < -0.39 is 0 Å². The number of benzene rings is 2. The third-order valence-corrected chi connectivity index (χ3v) is 4.10. The van der Waals surface area contributed by atoms with Gasteiger partial charge in [0.1, 0.15) is 11.5 Å². The van der Waals surface area contributed by atoms with Crippen LogP contribution in [-0.2, 0) is 4.79 Å². The first-order chi connectivity index (χ1) is 12.9. The van der Waals surface area contributed by atoms with Crippen molar-refractivity contribution in [2.24, 2.45) is 0 Å². The molecule has 136 valence electrons. The first-order valence-electron chi connectivity index (χ1n) is 8.07. The molecule has 0 atom stereocenters. The van der Waals surface area contributed by atoms with E-state index in [2.05, 4.69) is 5.32 Å². The van der Waals surface area contributed by atoms with Crippen molar-refractivity contribution in [1.29, 1.82) is 0 Å². The number of amides is 1. The van der Waals surface area contributed by atoms with E-state index in [1.807, 2.05) is 0 Å². The minimum absolute atomic E-state index is 0.163. The largest absolute Gasteiger partial charge is 0.457 e. The molecule has 2 aromatic carbocycles. The van der Waals surface area contributed by atoms with Crippen molar-refractivity contribution in [3.05, 3.63) is 82.0 Å². The van der Waals surface area contributed by atoms with Gasteiger partial charge >= 0.3 is 0 Å². The fraction of sp³-hybridized carbons (Fsp3) is 0.0476. The van der Waals surface area contributed by atoms with E-state index in [4.69, 9.17) is 27.6 Å². The molecule has 27 heavy (non-hydrogen) atoms. The van der Waals surface area contributed by atoms with Crippen molar-refractivity contribution in [3.63, 3.8) is 0 Å². The number of allylic oxidation sites excluding steroid dienone is 1. The SMILES string of the molecule is CC(=O)Nc1ccc(C(=O)/C=C/c2ccc(-c3cc(Cl)cc(Cl)c3)o2)cc1. The lowest BCUT2D eigenvalue weighted by atomic mass is 10.1. The normalized spacial score (nSPS) is 10.9. The van der Waals surface area contributed by atoms with Crippen LogP contribution in [0.4, 0.5) is 5.69 Å². The number of carbonyl (C=O) groups excluding carboxylic acids is 2. The summed E-state index contributed by atoms with van der Waals surface area (Å²) in [5, 5.41) is 3.69. The molecule has 0 aliphatic rings. The maximum Gasteiger partial charge on any atom is 0.221 e. The van der Waals surface area contributed by atoms with Gasteiger partial charge in [0.15, 0.2) is 5.78 Å². The van der Waals surface area contributed by atoms with Crippen LogP contribution in [0.3, 0.4) is 0 Å². The second-order valence-electron chi connectivity index (χ2n) is 5.82. The molecule has 0 aliphatic carbocycles. The van der Waals surface area contributed by atoms with Gasteiger partial charge in [0.25, 0.3) is 0 Å². The van der Waals surface area contributed by atoms with Crippen molar-refractivity contribution >= 4 is 46.7 Å². The third kappa shape index (κ3) is 5.09. The van der Waals surface area contributed by atoms with Crippen molar-refractivity contribution in [2.75, 3.05) is 5.32 Å². The maximum absolute atomic E-state index is 12.3. The highest BCUT2D eigenvalue weighted by molar-refractivity contribution is 6.35. The zero-order valence-electron chi connectivity index (χ0n) is 14.3. The van der Waals surface area contributed by atoms with E-state index >= 15 is 0 Å². The number of ketones is 1. The quantitative estimate of drug-likeness (QED) is 0.415. The van der Waals surface area contributed by atoms with Crippen LogP contribution in [0, 0.1) is 0 Å². The van der Waals surface area contributed by atoms with Gasteiger partial charge in [-0.2, -0.15) is 0 Å². The molecular weight excluding hydrogens is 385 g/mol. The summed E-state index contributed by atoms with van der Waals surface area (Å²) in [4.78, 5) is 23.3. The molecule has 0 spiro atoms. The number of hydrogen-bond acceptors (Lipinski definition) is 3. The molecule has 0 saturated carbocycles. The summed E-state index contributed by atoms with van der Waals surface area (Å²) in [6, 6.07) is 15.4. The molecule has 1 aromatic heterocycles. The summed E-state index contributed by atoms with van der Waals surface area (Å²) < 4.78 is 5.73. The third-order valence-electron chi connectivity index (χ3n) is 3.66. The van der Waals surface area contributed by atoms with E-state index in [0.29, 0.717) is 32.8 Å². The zero-order chi connectivity index (χ0) is 19.4. The average Bonchev–Trinajstić information content (AvgIpc) is 3.08. The van der Waals surface area contributed by atoms with Crippen molar-refractivity contribution < 1.29 is 14.0 Å². The van der Waals surface area contributed by atoms with Gasteiger partial charge in [-0.25, -0.2) is 0 Å². The highest BCUT2D eigenvalue weighted by Gasteiger charge is 2.07. The molecule has 0 bridgehead atoms. The van der Waals surface area contributed by atoms with Crippen molar-refractivity contribution in [3.8, 4) is 11.3 Å². The highest BCUT2D eigenvalue weighted by atomic mass is 35.5. The molecular formula is C21H15Cl2NO3. The maximum atomic E-state index is 12.3. The molecule has 3 rings (SSSR count). The van der Waals surface area contributed by atoms with E-state index in [9.17, 15) is 9.59 Å². The smallest absolute Gasteiger partial charge is 0.221 e. The Bertz CT molecular complexity index is 1000. The van der Waals surface area contributed by atoms with Gasteiger partial charge in [0.05, 0.1) is 0 Å². The van der Waals surface area contributed by atoms with Gasteiger partial charge < -0.3 is 9.73 Å². The van der Waals surface area contributed by atoms with Crippen LogP contribution < -0.4 is 5.32 Å². The zero-order valence-corrected chi connectivity index (χ0v) is 15.8. The van der Waals surface area contributed by atoms with Crippen LogP contribution in [-0.4, -0.2) is 11.7 Å². The molecule has 1 amide bonds. The molecule has 0 saturated heterocycles. The number of halogens is 2. The van der Waals surface area contributed by atoms with Crippen LogP contribution in [0.5, 0.6) is 0 Å². The van der Waals surface area contributed by atoms with Gasteiger partial charge in [-0.3, -0.25) is 9.59 Å². The summed E-state index contributed by atoms with van der Waals surface area (Å²) in [5.74, 6) is 0.798. The van der Waals surface area contributed by atoms with Gasteiger partial charge in [0.2, 0.25) is 5.91 Å². The molecule has 1 N–H and O–H groups in total. The van der Waals surface area contributed by atoms with E-state index in [-0.39, 0.29) is 11.7 Å². The fourth-order valence-corrected chi connectivity index (χ4v) is 2.99. The van der Waals surface area contributed by atoms with E-state index in [1.165, 1.54) is 13.0 Å². The number of carbonyl (C=O) groups is 2. The second kappa shape index (κ2) is 8.25. The first kappa shape index (κ1) is 19.0. The number of rotatable bonds is 5. The lowest BCUT2D eigenvalue weighted by Crippen LogP contribution is -2.05. The minimum atomic E-state index is -0.173. The average molecular weight is 400 g/mol. The van der Waals surface area contributed by atoms with E-state index in [1.54, 1.807) is 60.7 Å². The summed E-state index contributed by atoms with van der Waals surface area (Å²) in [7, 11) is 0. The Morgan fingerprint density at radius 1 is 0.963 bits per heavy atom. The summed E-state index contributed by atoms with van der Waals surface area (Å²) in [5.41, 5.74) is 1.90. The molecule has 0 fully saturated rings. The van der Waals surface area contributed by atoms with Crippen LogP contribution in [0.1, 0.15) is 23.0 Å². The molecule has 1 heterocycles. The Morgan fingerprint density at radius 3 is 2.26 bits per heavy atom. The topological polar surface area (TPSA) is 59.3 Å². The predicted molar refractivity (Wildman–Crippen MR) is 108 cm³/mol. The molecule has 0 unspecified atom stereocenters. The minimum Gasteiger partial charge on any atom is -0.457 e. The van der Waals surface area contributed by atoms with Crippen molar-refractivity contribution in [1.82, 2.24) is 0 Å². The molecule has 6 heteroatoms. The molecule has 3 aromatic rings. The Balaban J connectivity index is 1.71. The van der Waals surface area contributed by atoms with Crippen LogP contribution in [0.15, 0.2) is 65.1 Å². The summed E-state index contributed by atoms with van der Waals surface area (Å²) in [6.45, 7) is 1.43. The van der Waals surface area contributed by atoms with Gasteiger partial charge in [0, 0.05) is 33.8 Å². The van der Waals surface area contributed by atoms with Gasteiger partial charge in [-0.05, 0) is 66.7 Å². The van der Waals surface area contributed by atoms with E-state index in [0.717, 1.165) is 5.56 Å². The molecule has 0 aliphatic heterocycles. The Labute approximate surface area is 166 Å². The lowest BCUT2D eigenvalue weighted by molar-refractivity contribution is -0.114. The summed E-state index contributed by atoms with van der Waals surface area (Å²) in [6.07, 6.45) is 3.03. The van der Waals surface area contributed by atoms with Gasteiger partial charge in [-0.15, -0.1) is 0 Å². The molecule has 4 nitrogen and oxygen atoms in total. The van der Waals surface area contributed by atoms with Crippen LogP contribution >= 0.6 is 23.2 Å². The number of nitrogens with one attached hydrogen (secondary N) is 1. The predicted octanol–water partition coefficient (Wildman–Crippen LogP) is 6.11. The number of hydrogen-bond donors (Lipinski definition) is 1.